The van der Waals surface area contributed by atoms with E-state index in [1.165, 1.54) is 30.5 Å². The predicted molar refractivity (Wildman–Crippen MR) is 112 cm³/mol. The smallest absolute Gasteiger partial charge is 0.225 e. The number of ether oxygens (including phenoxy) is 1. The highest BCUT2D eigenvalue weighted by Gasteiger charge is 2.21. The average Bonchev–Trinajstić information content (AvgIpc) is 2.79. The molecule has 0 spiro atoms. The molecule has 0 aromatic carbocycles. The van der Waals surface area contributed by atoms with Crippen molar-refractivity contribution in [3.8, 4) is 5.88 Å². The van der Waals surface area contributed by atoms with Gasteiger partial charge in [-0.2, -0.15) is 0 Å². The second-order valence-corrected chi connectivity index (χ2v) is 7.89. The van der Waals surface area contributed by atoms with Crippen molar-refractivity contribution < 1.29 is 4.74 Å². The van der Waals surface area contributed by atoms with Crippen molar-refractivity contribution in [3.63, 3.8) is 0 Å². The number of hydrogen-bond acceptors (Lipinski definition) is 6. The Morgan fingerprint density at radius 3 is 2.29 bits per heavy atom. The summed E-state index contributed by atoms with van der Waals surface area (Å²) in [6.45, 7) is 7.12. The maximum absolute atomic E-state index is 5.98. The SMILES string of the molecule is CCc1cnc(N2CCC(COc3ccc(N4CCCCC4)cn3)CC2)nc1. The molecular formula is C22H31N5O. The van der Waals surface area contributed by atoms with Crippen molar-refractivity contribution >= 4 is 11.6 Å². The van der Waals surface area contributed by atoms with Gasteiger partial charge in [0.15, 0.2) is 0 Å². The summed E-state index contributed by atoms with van der Waals surface area (Å²) in [5.74, 6) is 2.16. The zero-order valence-electron chi connectivity index (χ0n) is 16.9. The Bertz CT molecular complexity index is 720. The fraction of sp³-hybridized carbons (Fsp3) is 0.591. The van der Waals surface area contributed by atoms with Gasteiger partial charge in [0.25, 0.3) is 0 Å². The summed E-state index contributed by atoms with van der Waals surface area (Å²) in [4.78, 5) is 18.2. The van der Waals surface area contributed by atoms with Crippen LogP contribution in [0.3, 0.4) is 0 Å². The summed E-state index contributed by atoms with van der Waals surface area (Å²) in [6.07, 6.45) is 12.9. The Hall–Kier alpha value is -2.37. The van der Waals surface area contributed by atoms with Crippen LogP contribution < -0.4 is 14.5 Å². The second kappa shape index (κ2) is 9.22. The van der Waals surface area contributed by atoms with Gasteiger partial charge in [-0.05, 0) is 56.1 Å². The van der Waals surface area contributed by atoms with E-state index in [0.29, 0.717) is 5.92 Å². The van der Waals surface area contributed by atoms with Crippen LogP contribution in [0.5, 0.6) is 5.88 Å². The number of pyridine rings is 1. The maximum Gasteiger partial charge on any atom is 0.225 e. The van der Waals surface area contributed by atoms with Crippen LogP contribution in [-0.2, 0) is 6.42 Å². The molecule has 0 unspecified atom stereocenters. The van der Waals surface area contributed by atoms with E-state index in [1.54, 1.807) is 0 Å². The summed E-state index contributed by atoms with van der Waals surface area (Å²) in [5, 5.41) is 0. The van der Waals surface area contributed by atoms with E-state index in [2.05, 4.69) is 37.7 Å². The lowest BCUT2D eigenvalue weighted by Crippen LogP contribution is -2.36. The van der Waals surface area contributed by atoms with Gasteiger partial charge in [-0.15, -0.1) is 0 Å². The van der Waals surface area contributed by atoms with Crippen molar-refractivity contribution in [2.45, 2.75) is 45.4 Å². The summed E-state index contributed by atoms with van der Waals surface area (Å²) >= 11 is 0. The molecule has 2 aliphatic heterocycles. The maximum atomic E-state index is 5.98. The van der Waals surface area contributed by atoms with Gasteiger partial charge in [0.1, 0.15) is 0 Å². The molecule has 2 aliphatic rings. The molecule has 2 aromatic rings. The highest BCUT2D eigenvalue weighted by molar-refractivity contribution is 5.45. The third-order valence-corrected chi connectivity index (χ3v) is 5.91. The quantitative estimate of drug-likeness (QED) is 0.760. The molecule has 0 bridgehead atoms. The summed E-state index contributed by atoms with van der Waals surface area (Å²) < 4.78 is 5.98. The van der Waals surface area contributed by atoms with Crippen LogP contribution in [0.2, 0.25) is 0 Å². The number of aryl methyl sites for hydroxylation is 1. The first-order valence-corrected chi connectivity index (χ1v) is 10.7. The minimum absolute atomic E-state index is 0.565. The predicted octanol–water partition coefficient (Wildman–Crippen LogP) is 3.72. The first kappa shape index (κ1) is 19.0. The van der Waals surface area contributed by atoms with Gasteiger partial charge >= 0.3 is 0 Å². The van der Waals surface area contributed by atoms with E-state index in [1.807, 2.05) is 24.7 Å². The lowest BCUT2D eigenvalue weighted by molar-refractivity contribution is 0.215. The van der Waals surface area contributed by atoms with Gasteiger partial charge in [0.05, 0.1) is 18.5 Å². The van der Waals surface area contributed by atoms with Crippen molar-refractivity contribution in [3.05, 3.63) is 36.3 Å². The molecule has 150 valence electrons. The molecule has 2 aromatic heterocycles. The van der Waals surface area contributed by atoms with Crippen LogP contribution in [0, 0.1) is 5.92 Å². The Labute approximate surface area is 168 Å². The van der Waals surface area contributed by atoms with E-state index in [0.717, 1.165) is 63.9 Å². The van der Waals surface area contributed by atoms with Crippen LogP contribution in [0.15, 0.2) is 30.7 Å². The average molecular weight is 382 g/mol. The summed E-state index contributed by atoms with van der Waals surface area (Å²) in [7, 11) is 0. The van der Waals surface area contributed by atoms with Crippen LogP contribution >= 0.6 is 0 Å². The van der Waals surface area contributed by atoms with Gasteiger partial charge in [-0.25, -0.2) is 15.0 Å². The molecular weight excluding hydrogens is 350 g/mol. The Morgan fingerprint density at radius 1 is 0.893 bits per heavy atom. The fourth-order valence-electron chi connectivity index (χ4n) is 3.99. The Morgan fingerprint density at radius 2 is 1.64 bits per heavy atom. The molecule has 0 radical (unpaired) electrons. The number of piperidine rings is 2. The summed E-state index contributed by atoms with van der Waals surface area (Å²) in [6, 6.07) is 4.16. The highest BCUT2D eigenvalue weighted by Crippen LogP contribution is 2.23. The molecule has 28 heavy (non-hydrogen) atoms. The lowest BCUT2D eigenvalue weighted by atomic mass is 9.98. The van der Waals surface area contributed by atoms with Crippen molar-refractivity contribution in [2.75, 3.05) is 42.6 Å². The van der Waals surface area contributed by atoms with Gasteiger partial charge in [0, 0.05) is 44.6 Å². The van der Waals surface area contributed by atoms with E-state index < -0.39 is 0 Å². The normalized spacial score (nSPS) is 18.3. The number of nitrogens with zero attached hydrogens (tertiary/aromatic N) is 5. The number of hydrogen-bond donors (Lipinski definition) is 0. The molecule has 6 heteroatoms. The van der Waals surface area contributed by atoms with Crippen LogP contribution in [0.4, 0.5) is 11.6 Å². The second-order valence-electron chi connectivity index (χ2n) is 7.89. The van der Waals surface area contributed by atoms with Gasteiger partial charge in [-0.1, -0.05) is 6.92 Å². The van der Waals surface area contributed by atoms with Crippen molar-refractivity contribution in [1.82, 2.24) is 15.0 Å². The van der Waals surface area contributed by atoms with Gasteiger partial charge in [-0.3, -0.25) is 0 Å². The topological polar surface area (TPSA) is 54.4 Å². The minimum atomic E-state index is 0.565. The zero-order valence-corrected chi connectivity index (χ0v) is 16.9. The van der Waals surface area contributed by atoms with E-state index in [-0.39, 0.29) is 0 Å². The standard InChI is InChI=1S/C22H31N5O/c1-2-18-14-24-22(25-15-18)27-12-8-19(9-13-27)17-28-21-7-6-20(16-23-21)26-10-4-3-5-11-26/h6-7,14-16,19H,2-5,8-13,17H2,1H3. The van der Waals surface area contributed by atoms with E-state index in [9.17, 15) is 0 Å². The first-order valence-electron chi connectivity index (χ1n) is 10.7. The van der Waals surface area contributed by atoms with Crippen LogP contribution in [0.25, 0.3) is 0 Å². The monoisotopic (exact) mass is 381 g/mol. The van der Waals surface area contributed by atoms with Crippen molar-refractivity contribution in [1.29, 1.82) is 0 Å². The molecule has 4 heterocycles. The molecule has 2 fully saturated rings. The molecule has 0 saturated carbocycles. The van der Waals surface area contributed by atoms with Gasteiger partial charge in [0.2, 0.25) is 11.8 Å². The van der Waals surface area contributed by atoms with Gasteiger partial charge < -0.3 is 14.5 Å². The number of aromatic nitrogens is 3. The van der Waals surface area contributed by atoms with E-state index >= 15 is 0 Å². The first-order chi connectivity index (χ1) is 13.8. The lowest BCUT2D eigenvalue weighted by Gasteiger charge is -2.31. The molecule has 2 saturated heterocycles. The largest absolute Gasteiger partial charge is 0.477 e. The number of anilines is 2. The van der Waals surface area contributed by atoms with Crippen LogP contribution in [-0.4, -0.2) is 47.7 Å². The molecule has 0 aliphatic carbocycles. The highest BCUT2D eigenvalue weighted by atomic mass is 16.5. The Balaban J connectivity index is 1.22. The molecule has 6 nitrogen and oxygen atoms in total. The molecule has 0 N–H and O–H groups in total. The Kier molecular flexibility index (Phi) is 6.24. The zero-order chi connectivity index (χ0) is 19.2. The van der Waals surface area contributed by atoms with Crippen molar-refractivity contribution in [2.24, 2.45) is 5.92 Å². The van der Waals surface area contributed by atoms with Crippen LogP contribution in [0.1, 0.15) is 44.6 Å². The molecule has 4 rings (SSSR count). The molecule has 0 atom stereocenters. The fourth-order valence-corrected chi connectivity index (χ4v) is 3.99. The third kappa shape index (κ3) is 4.72. The number of rotatable bonds is 6. The van der Waals surface area contributed by atoms with E-state index in [4.69, 9.17) is 4.74 Å². The minimum Gasteiger partial charge on any atom is -0.477 e. The molecule has 0 amide bonds. The summed E-state index contributed by atoms with van der Waals surface area (Å²) in [5.41, 5.74) is 2.40. The third-order valence-electron chi connectivity index (χ3n) is 5.91.